The van der Waals surface area contributed by atoms with Crippen molar-refractivity contribution in [2.24, 2.45) is 9.86 Å². The van der Waals surface area contributed by atoms with E-state index < -0.39 is 7.05 Å². The molecule has 0 amide bonds. The van der Waals surface area contributed by atoms with Gasteiger partial charge in [0.05, 0.1) is 7.05 Å². The van der Waals surface area contributed by atoms with Crippen LogP contribution in [-0.4, -0.2) is 30.0 Å². The number of benzene rings is 3. The Labute approximate surface area is 182 Å². The normalized spacial score (nSPS) is 11.1. The van der Waals surface area contributed by atoms with Crippen molar-refractivity contribution in [3.8, 4) is 0 Å². The average Bonchev–Trinajstić information content (AvgIpc) is 3.33. The summed E-state index contributed by atoms with van der Waals surface area (Å²) in [5, 5.41) is 18.0. The molecular weight excluding hydrogens is 423 g/mol. The van der Waals surface area contributed by atoms with Gasteiger partial charge in [-0.2, -0.15) is 14.5 Å². The molecule has 0 aliphatic heterocycles. The van der Waals surface area contributed by atoms with Crippen LogP contribution in [0.3, 0.4) is 0 Å². The van der Waals surface area contributed by atoms with Gasteiger partial charge in [0.2, 0.25) is 5.95 Å². The summed E-state index contributed by atoms with van der Waals surface area (Å²) in [4.78, 5) is 11.6. The molecule has 2 heterocycles. The molecule has 0 aliphatic carbocycles. The maximum Gasteiger partial charge on any atom is 0.278 e. The average molecular weight is 438 g/mol. The molecule has 5 aromatic rings. The van der Waals surface area contributed by atoms with Crippen LogP contribution in [0.4, 0.5) is 11.9 Å². The SMILES string of the molecule is [N-]=[N+]=Nc1nc(N=P(c2ccccc2)(c2ccccc2)c2ccccc2)nc2nnnn12. The van der Waals surface area contributed by atoms with E-state index in [1.165, 1.54) is 4.52 Å². The lowest BCUT2D eigenvalue weighted by Gasteiger charge is -2.26. The molecule has 0 fully saturated rings. The summed E-state index contributed by atoms with van der Waals surface area (Å²) in [6, 6.07) is 30.2. The molecule has 0 unspecified atom stereocenters. The number of aromatic nitrogens is 6. The summed E-state index contributed by atoms with van der Waals surface area (Å²) < 4.78 is 6.34. The Bertz CT molecular complexity index is 1370. The van der Waals surface area contributed by atoms with Crippen LogP contribution in [0.15, 0.2) is 101 Å². The first-order valence-electron chi connectivity index (χ1n) is 9.62. The van der Waals surface area contributed by atoms with E-state index in [1.54, 1.807) is 0 Å². The summed E-state index contributed by atoms with van der Waals surface area (Å²) >= 11 is 0. The number of fused-ring (bicyclic) bond motifs is 1. The van der Waals surface area contributed by atoms with E-state index in [2.05, 4.69) is 71.9 Å². The largest absolute Gasteiger partial charge is 0.278 e. The Morgan fingerprint density at radius 3 is 1.78 bits per heavy atom. The van der Waals surface area contributed by atoms with E-state index in [-0.39, 0.29) is 17.7 Å². The number of azide groups is 1. The zero-order valence-corrected chi connectivity index (χ0v) is 17.5. The monoisotopic (exact) mass is 438 g/mol. The van der Waals surface area contributed by atoms with Gasteiger partial charge in [-0.3, -0.25) is 0 Å². The first kappa shape index (κ1) is 19.6. The van der Waals surface area contributed by atoms with Crippen LogP contribution in [-0.2, 0) is 0 Å². The first-order chi connectivity index (χ1) is 15.8. The molecule has 0 atom stereocenters. The predicted octanol–water partition coefficient (Wildman–Crippen LogP) is 3.67. The van der Waals surface area contributed by atoms with Gasteiger partial charge in [0.25, 0.3) is 11.7 Å². The third-order valence-corrected chi connectivity index (χ3v) is 8.42. The quantitative estimate of drug-likeness (QED) is 0.179. The van der Waals surface area contributed by atoms with Crippen molar-refractivity contribution in [3.05, 3.63) is 101 Å². The molecule has 32 heavy (non-hydrogen) atoms. The van der Waals surface area contributed by atoms with Crippen molar-refractivity contribution in [2.45, 2.75) is 0 Å². The van der Waals surface area contributed by atoms with Crippen molar-refractivity contribution in [1.82, 2.24) is 30.0 Å². The van der Waals surface area contributed by atoms with Crippen LogP contribution in [0.2, 0.25) is 0 Å². The zero-order valence-electron chi connectivity index (χ0n) is 16.6. The Morgan fingerprint density at radius 1 is 0.750 bits per heavy atom. The fourth-order valence-corrected chi connectivity index (χ4v) is 6.88. The Morgan fingerprint density at radius 2 is 1.28 bits per heavy atom. The van der Waals surface area contributed by atoms with Crippen molar-refractivity contribution >= 4 is 40.6 Å². The third kappa shape index (κ3) is 3.39. The summed E-state index contributed by atoms with van der Waals surface area (Å²) in [6.45, 7) is 0. The van der Waals surface area contributed by atoms with Crippen LogP contribution in [0, 0.1) is 0 Å². The second-order valence-corrected chi connectivity index (χ2v) is 9.67. The van der Waals surface area contributed by atoms with Crippen LogP contribution < -0.4 is 15.9 Å². The molecule has 0 aliphatic rings. The number of rotatable bonds is 5. The predicted molar refractivity (Wildman–Crippen MR) is 122 cm³/mol. The highest BCUT2D eigenvalue weighted by Crippen LogP contribution is 2.48. The molecule has 2 aromatic heterocycles. The van der Waals surface area contributed by atoms with Gasteiger partial charge in [0.1, 0.15) is 0 Å². The number of nitrogens with zero attached hydrogens (tertiary/aromatic N) is 10. The highest BCUT2D eigenvalue weighted by Gasteiger charge is 2.28. The molecule has 0 saturated carbocycles. The van der Waals surface area contributed by atoms with Gasteiger partial charge in [0.15, 0.2) is 0 Å². The van der Waals surface area contributed by atoms with Gasteiger partial charge in [-0.05, 0) is 21.1 Å². The third-order valence-electron chi connectivity index (χ3n) is 4.81. The van der Waals surface area contributed by atoms with Gasteiger partial charge in [0, 0.05) is 20.8 Å². The fourth-order valence-electron chi connectivity index (χ4n) is 3.47. The number of tetrazole rings is 1. The smallest absolute Gasteiger partial charge is 0.217 e. The van der Waals surface area contributed by atoms with Crippen LogP contribution in [0.5, 0.6) is 0 Å². The van der Waals surface area contributed by atoms with Crippen LogP contribution in [0.25, 0.3) is 16.2 Å². The van der Waals surface area contributed by atoms with Crippen LogP contribution in [0.1, 0.15) is 0 Å². The van der Waals surface area contributed by atoms with Gasteiger partial charge in [-0.15, -0.1) is 0 Å². The van der Waals surface area contributed by atoms with Gasteiger partial charge >= 0.3 is 0 Å². The molecule has 10 nitrogen and oxygen atoms in total. The molecule has 3 aromatic carbocycles. The highest BCUT2D eigenvalue weighted by atomic mass is 31.2. The maximum absolute atomic E-state index is 8.97. The van der Waals surface area contributed by atoms with E-state index >= 15 is 0 Å². The Hall–Kier alpha value is -4.39. The molecular formula is C21H15N10P. The standard InChI is InChI=1S/C21H15N10P/c22-28-25-20-23-19(24-21-26-29-30-31(20)21)27-32(16-10-4-1-5-11-16,17-12-6-2-7-13-17)18-14-8-3-9-15-18/h1-15H. The van der Waals surface area contributed by atoms with Crippen LogP contribution >= 0.6 is 7.05 Å². The molecule has 154 valence electrons. The lowest BCUT2D eigenvalue weighted by molar-refractivity contribution is 0.804. The summed E-state index contributed by atoms with van der Waals surface area (Å²) in [7, 11) is -2.59. The molecule has 11 heteroatoms. The number of hydrogen-bond acceptors (Lipinski definition) is 7. The Balaban J connectivity index is 1.92. The minimum atomic E-state index is -2.59. The lowest BCUT2D eigenvalue weighted by atomic mass is 10.4. The summed E-state index contributed by atoms with van der Waals surface area (Å²) in [6.07, 6.45) is 0. The lowest BCUT2D eigenvalue weighted by Crippen LogP contribution is -2.25. The highest BCUT2D eigenvalue weighted by molar-refractivity contribution is 7.87. The first-order valence-corrected chi connectivity index (χ1v) is 11.4. The summed E-state index contributed by atoms with van der Waals surface area (Å²) in [5.41, 5.74) is 8.97. The molecule has 0 saturated heterocycles. The van der Waals surface area contributed by atoms with E-state index in [4.69, 9.17) is 10.3 Å². The van der Waals surface area contributed by atoms with E-state index in [9.17, 15) is 0 Å². The molecule has 0 bridgehead atoms. The van der Waals surface area contributed by atoms with Crippen molar-refractivity contribution in [1.29, 1.82) is 0 Å². The summed E-state index contributed by atoms with van der Waals surface area (Å²) in [5.74, 6) is 0.251. The Kier molecular flexibility index (Phi) is 5.13. The van der Waals surface area contributed by atoms with Gasteiger partial charge in [-0.25, -0.2) is 4.74 Å². The van der Waals surface area contributed by atoms with Crippen molar-refractivity contribution in [2.75, 3.05) is 0 Å². The molecule has 0 spiro atoms. The number of hydrogen-bond donors (Lipinski definition) is 0. The van der Waals surface area contributed by atoms with Crippen molar-refractivity contribution in [3.63, 3.8) is 0 Å². The fraction of sp³-hybridized carbons (Fsp3) is 0. The zero-order chi connectivity index (χ0) is 21.8. The maximum atomic E-state index is 8.97. The minimum Gasteiger partial charge on any atom is -0.217 e. The second kappa shape index (κ2) is 8.39. The molecule has 0 N–H and O–H groups in total. The second-order valence-electron chi connectivity index (χ2n) is 6.65. The van der Waals surface area contributed by atoms with E-state index in [1.807, 2.05) is 54.6 Å². The minimum absolute atomic E-state index is 0.0338. The van der Waals surface area contributed by atoms with E-state index in [0.29, 0.717) is 0 Å². The van der Waals surface area contributed by atoms with Gasteiger partial charge in [-0.1, -0.05) is 96.1 Å². The van der Waals surface area contributed by atoms with Gasteiger partial charge < -0.3 is 0 Å². The molecule has 0 radical (unpaired) electrons. The van der Waals surface area contributed by atoms with Crippen molar-refractivity contribution < 1.29 is 0 Å². The topological polar surface area (TPSA) is 130 Å². The van der Waals surface area contributed by atoms with E-state index in [0.717, 1.165) is 15.9 Å². The molecule has 5 rings (SSSR count).